The van der Waals surface area contributed by atoms with Crippen molar-refractivity contribution in [3.8, 4) is 5.75 Å². The maximum absolute atomic E-state index is 5.88. The number of nitrogens with zero attached hydrogens (tertiary/aromatic N) is 3. The van der Waals surface area contributed by atoms with Crippen LogP contribution >= 0.6 is 11.6 Å². The molecular formula is C17H16ClN5O. The first-order chi connectivity index (χ1) is 11.6. The fourth-order valence-electron chi connectivity index (χ4n) is 2.14. The highest BCUT2D eigenvalue weighted by Crippen LogP contribution is 2.27. The van der Waals surface area contributed by atoms with Crippen molar-refractivity contribution in [2.75, 3.05) is 17.7 Å². The molecule has 3 rings (SSSR count). The Bertz CT molecular complexity index is 839. The van der Waals surface area contributed by atoms with Crippen molar-refractivity contribution in [1.82, 2.24) is 15.2 Å². The van der Waals surface area contributed by atoms with Gasteiger partial charge in [-0.3, -0.25) is 0 Å². The number of benzene rings is 2. The third-order valence-corrected chi connectivity index (χ3v) is 3.53. The van der Waals surface area contributed by atoms with Gasteiger partial charge in [0.2, 0.25) is 5.95 Å². The molecule has 7 heteroatoms. The van der Waals surface area contributed by atoms with E-state index in [0.717, 1.165) is 16.9 Å². The Morgan fingerprint density at radius 1 is 1.04 bits per heavy atom. The van der Waals surface area contributed by atoms with Gasteiger partial charge in [0.15, 0.2) is 5.82 Å². The summed E-state index contributed by atoms with van der Waals surface area (Å²) < 4.78 is 5.34. The lowest BCUT2D eigenvalue weighted by Gasteiger charge is -2.11. The number of methoxy groups -OCH3 is 1. The van der Waals surface area contributed by atoms with Gasteiger partial charge in [0.05, 0.1) is 19.0 Å². The minimum atomic E-state index is 0.373. The summed E-state index contributed by atoms with van der Waals surface area (Å²) in [7, 11) is 1.62. The maximum atomic E-state index is 5.88. The van der Waals surface area contributed by atoms with Gasteiger partial charge in [-0.2, -0.15) is 10.1 Å². The fraction of sp³-hybridized carbons (Fsp3) is 0.118. The predicted octanol–water partition coefficient (Wildman–Crippen LogP) is 4.33. The second-order valence-corrected chi connectivity index (χ2v) is 5.56. The number of anilines is 4. The maximum Gasteiger partial charge on any atom is 0.249 e. The normalized spacial score (nSPS) is 10.3. The van der Waals surface area contributed by atoms with Crippen LogP contribution in [0.25, 0.3) is 0 Å². The van der Waals surface area contributed by atoms with Gasteiger partial charge in [-0.15, -0.1) is 5.10 Å². The summed E-state index contributed by atoms with van der Waals surface area (Å²) >= 11 is 5.88. The summed E-state index contributed by atoms with van der Waals surface area (Å²) in [5, 5.41) is 14.9. The van der Waals surface area contributed by atoms with Crippen LogP contribution in [0.4, 0.5) is 23.1 Å². The van der Waals surface area contributed by atoms with Gasteiger partial charge >= 0.3 is 0 Å². The van der Waals surface area contributed by atoms with Gasteiger partial charge in [0.25, 0.3) is 0 Å². The van der Waals surface area contributed by atoms with E-state index in [2.05, 4.69) is 25.8 Å². The molecule has 0 aliphatic rings. The van der Waals surface area contributed by atoms with Crippen LogP contribution in [-0.2, 0) is 0 Å². The third-order valence-electron chi connectivity index (χ3n) is 3.28. The summed E-state index contributed by atoms with van der Waals surface area (Å²) in [6.07, 6.45) is 1.55. The van der Waals surface area contributed by atoms with Crippen molar-refractivity contribution < 1.29 is 4.74 Å². The molecular weight excluding hydrogens is 326 g/mol. The van der Waals surface area contributed by atoms with Gasteiger partial charge < -0.3 is 15.4 Å². The van der Waals surface area contributed by atoms with Gasteiger partial charge in [-0.05, 0) is 48.9 Å². The van der Waals surface area contributed by atoms with Crippen LogP contribution in [0, 0.1) is 6.92 Å². The molecule has 1 heterocycles. The molecule has 0 aliphatic heterocycles. The molecule has 0 spiro atoms. The largest absolute Gasteiger partial charge is 0.495 e. The summed E-state index contributed by atoms with van der Waals surface area (Å²) in [5.41, 5.74) is 2.74. The average molecular weight is 342 g/mol. The van der Waals surface area contributed by atoms with Crippen LogP contribution in [0.15, 0.2) is 48.7 Å². The summed E-state index contributed by atoms with van der Waals surface area (Å²) in [6.45, 7) is 2.00. The molecule has 0 bridgehead atoms. The molecule has 6 nitrogen and oxygen atoms in total. The molecule has 2 N–H and O–H groups in total. The SMILES string of the molecule is COc1ccc(C)cc1Nc1nncc(Nc2ccc(Cl)cc2)n1. The number of rotatable bonds is 5. The molecule has 0 unspecified atom stereocenters. The highest BCUT2D eigenvalue weighted by atomic mass is 35.5. The van der Waals surface area contributed by atoms with Gasteiger partial charge in [0.1, 0.15) is 5.75 Å². The Balaban J connectivity index is 1.80. The summed E-state index contributed by atoms with van der Waals surface area (Å²) in [5.74, 6) is 1.65. The Morgan fingerprint density at radius 3 is 2.58 bits per heavy atom. The van der Waals surface area contributed by atoms with E-state index in [1.165, 1.54) is 0 Å². The monoisotopic (exact) mass is 341 g/mol. The number of aromatic nitrogens is 3. The van der Waals surface area contributed by atoms with Gasteiger partial charge in [-0.1, -0.05) is 17.7 Å². The first-order valence-electron chi connectivity index (χ1n) is 7.28. The van der Waals surface area contributed by atoms with Gasteiger partial charge in [-0.25, -0.2) is 0 Å². The number of hydrogen-bond donors (Lipinski definition) is 2. The molecule has 24 heavy (non-hydrogen) atoms. The van der Waals surface area contributed by atoms with Crippen LogP contribution in [0.5, 0.6) is 5.75 Å². The van der Waals surface area contributed by atoms with E-state index >= 15 is 0 Å². The quantitative estimate of drug-likeness (QED) is 0.719. The van der Waals surface area contributed by atoms with E-state index in [1.54, 1.807) is 25.4 Å². The minimum Gasteiger partial charge on any atom is -0.495 e. The lowest BCUT2D eigenvalue weighted by atomic mass is 10.2. The Morgan fingerprint density at radius 2 is 1.83 bits per heavy atom. The van der Waals surface area contributed by atoms with E-state index in [0.29, 0.717) is 22.5 Å². The molecule has 0 saturated carbocycles. The molecule has 0 radical (unpaired) electrons. The Labute approximate surface area is 144 Å². The number of halogens is 1. The van der Waals surface area contributed by atoms with Crippen molar-refractivity contribution in [1.29, 1.82) is 0 Å². The van der Waals surface area contributed by atoms with E-state index < -0.39 is 0 Å². The zero-order valence-electron chi connectivity index (χ0n) is 13.2. The molecule has 0 atom stereocenters. The lowest BCUT2D eigenvalue weighted by Crippen LogP contribution is -2.03. The number of hydrogen-bond acceptors (Lipinski definition) is 6. The molecule has 2 aromatic carbocycles. The standard InChI is InChI=1S/C17H16ClN5O/c1-11-3-8-15(24-2)14(9-11)21-17-22-16(10-19-23-17)20-13-6-4-12(18)5-7-13/h3-10H,1-2H3,(H2,20,21,22,23). The first kappa shape index (κ1) is 16.0. The molecule has 0 aliphatic carbocycles. The smallest absolute Gasteiger partial charge is 0.249 e. The summed E-state index contributed by atoms with van der Waals surface area (Å²) in [4.78, 5) is 4.41. The Hall–Kier alpha value is -2.86. The van der Waals surface area contributed by atoms with Crippen molar-refractivity contribution >= 4 is 34.7 Å². The first-order valence-corrected chi connectivity index (χ1v) is 7.66. The number of aryl methyl sites for hydroxylation is 1. The number of nitrogens with one attached hydrogen (secondary N) is 2. The van der Waals surface area contributed by atoms with Crippen molar-refractivity contribution in [3.63, 3.8) is 0 Å². The van der Waals surface area contributed by atoms with Gasteiger partial charge in [0, 0.05) is 10.7 Å². The lowest BCUT2D eigenvalue weighted by molar-refractivity contribution is 0.416. The molecule has 0 fully saturated rings. The van der Waals surface area contributed by atoms with Crippen molar-refractivity contribution in [2.45, 2.75) is 6.92 Å². The highest BCUT2D eigenvalue weighted by molar-refractivity contribution is 6.30. The molecule has 1 aromatic heterocycles. The molecule has 0 saturated heterocycles. The topological polar surface area (TPSA) is 72.0 Å². The van der Waals surface area contributed by atoms with E-state index in [-0.39, 0.29) is 0 Å². The van der Waals surface area contributed by atoms with Crippen molar-refractivity contribution in [2.24, 2.45) is 0 Å². The highest BCUT2D eigenvalue weighted by Gasteiger charge is 2.07. The second kappa shape index (κ2) is 7.14. The van der Waals surface area contributed by atoms with Crippen LogP contribution in [0.2, 0.25) is 5.02 Å². The summed E-state index contributed by atoms with van der Waals surface area (Å²) in [6, 6.07) is 13.1. The van der Waals surface area contributed by atoms with Crippen LogP contribution in [0.1, 0.15) is 5.56 Å². The molecule has 3 aromatic rings. The second-order valence-electron chi connectivity index (χ2n) is 5.13. The van der Waals surface area contributed by atoms with E-state index in [9.17, 15) is 0 Å². The third kappa shape index (κ3) is 3.91. The Kier molecular flexibility index (Phi) is 4.77. The average Bonchev–Trinajstić information content (AvgIpc) is 2.58. The van der Waals surface area contributed by atoms with Crippen LogP contribution < -0.4 is 15.4 Å². The zero-order chi connectivity index (χ0) is 16.9. The predicted molar refractivity (Wildman–Crippen MR) is 95.6 cm³/mol. The minimum absolute atomic E-state index is 0.373. The van der Waals surface area contributed by atoms with Crippen LogP contribution in [0.3, 0.4) is 0 Å². The number of ether oxygens (including phenoxy) is 1. The molecule has 0 amide bonds. The molecule has 122 valence electrons. The van der Waals surface area contributed by atoms with E-state index in [1.807, 2.05) is 37.3 Å². The van der Waals surface area contributed by atoms with Crippen molar-refractivity contribution in [3.05, 3.63) is 59.2 Å². The van der Waals surface area contributed by atoms with Crippen LogP contribution in [-0.4, -0.2) is 22.3 Å². The fourth-order valence-corrected chi connectivity index (χ4v) is 2.26. The zero-order valence-corrected chi connectivity index (χ0v) is 14.0. The van der Waals surface area contributed by atoms with E-state index in [4.69, 9.17) is 16.3 Å².